The fourth-order valence-corrected chi connectivity index (χ4v) is 3.76. The number of nitrogens with two attached hydrogens (primary N) is 1. The van der Waals surface area contributed by atoms with Crippen LogP contribution < -0.4 is 21.8 Å². The van der Waals surface area contributed by atoms with E-state index in [9.17, 15) is 24.7 Å². The Kier molecular flexibility index (Phi) is 13.9. The summed E-state index contributed by atoms with van der Waals surface area (Å²) in [7, 11) is 0.170. The van der Waals surface area contributed by atoms with Crippen LogP contribution in [0, 0.1) is 0 Å². The third-order valence-electron chi connectivity index (χ3n) is 5.85. The topological polar surface area (TPSA) is 148 Å². The molecule has 0 aliphatic heterocycles. The molecular formula is C23H41BN4O5. The predicted octanol–water partition coefficient (Wildman–Crippen LogP) is 0.0335. The van der Waals surface area contributed by atoms with Gasteiger partial charge in [-0.1, -0.05) is 30.7 Å². The first-order valence-electron chi connectivity index (χ1n) is 11.8. The highest BCUT2D eigenvalue weighted by Crippen LogP contribution is 2.11. The molecule has 1 rings (SSSR count). The van der Waals surface area contributed by atoms with E-state index in [2.05, 4.69) is 29.4 Å². The van der Waals surface area contributed by atoms with Gasteiger partial charge in [0.05, 0.1) is 6.04 Å². The van der Waals surface area contributed by atoms with Gasteiger partial charge in [-0.05, 0) is 77.1 Å². The van der Waals surface area contributed by atoms with Crippen LogP contribution in [0.3, 0.4) is 0 Å². The van der Waals surface area contributed by atoms with Crippen molar-refractivity contribution in [3.8, 4) is 0 Å². The van der Waals surface area contributed by atoms with Crippen LogP contribution in [0.15, 0.2) is 24.3 Å². The molecule has 0 saturated carbocycles. The molecule has 2 atom stereocenters. The smallest absolute Gasteiger partial charge is 0.480 e. The summed E-state index contributed by atoms with van der Waals surface area (Å²) in [5.41, 5.74) is 6.84. The third-order valence-corrected chi connectivity index (χ3v) is 5.85. The van der Waals surface area contributed by atoms with Crippen LogP contribution in [-0.2, 0) is 16.1 Å². The SMILES string of the molecule is CNC(CCCCN)C(=O)NC(CCCCN(Cc1ccccc1B(O)O)C(C)C)C(=O)O. The number of carbonyl (C=O) groups is 2. The summed E-state index contributed by atoms with van der Waals surface area (Å²) in [5.74, 6) is -1.34. The monoisotopic (exact) mass is 464 g/mol. The number of nitrogens with zero attached hydrogens (tertiary/aromatic N) is 1. The van der Waals surface area contributed by atoms with E-state index >= 15 is 0 Å². The molecule has 0 aliphatic carbocycles. The number of amides is 1. The summed E-state index contributed by atoms with van der Waals surface area (Å²) in [6.07, 6.45) is 3.98. The van der Waals surface area contributed by atoms with Gasteiger partial charge >= 0.3 is 13.1 Å². The van der Waals surface area contributed by atoms with Gasteiger partial charge in [-0.25, -0.2) is 4.79 Å². The van der Waals surface area contributed by atoms with Gasteiger partial charge in [0.15, 0.2) is 0 Å². The Morgan fingerprint density at radius 3 is 2.27 bits per heavy atom. The number of carboxylic acid groups (broad SMARTS) is 1. The summed E-state index contributed by atoms with van der Waals surface area (Å²) in [6, 6.07) is 6.09. The highest BCUT2D eigenvalue weighted by atomic mass is 16.4. The van der Waals surface area contributed by atoms with Crippen LogP contribution in [-0.4, -0.2) is 77.3 Å². The number of benzene rings is 1. The molecule has 33 heavy (non-hydrogen) atoms. The Labute approximate surface area is 197 Å². The van der Waals surface area contributed by atoms with Gasteiger partial charge in [-0.15, -0.1) is 0 Å². The molecule has 1 aromatic rings. The number of aliphatic carboxylic acids is 1. The summed E-state index contributed by atoms with van der Waals surface area (Å²) in [4.78, 5) is 26.4. The van der Waals surface area contributed by atoms with Crippen LogP contribution in [0.2, 0.25) is 0 Å². The van der Waals surface area contributed by atoms with Crippen LogP contribution in [0.4, 0.5) is 0 Å². The molecule has 0 spiro atoms. The number of nitrogens with one attached hydrogen (secondary N) is 2. The van der Waals surface area contributed by atoms with Crippen molar-refractivity contribution >= 4 is 24.5 Å². The molecule has 0 bridgehead atoms. The zero-order valence-electron chi connectivity index (χ0n) is 20.2. The minimum atomic E-state index is -1.52. The number of rotatable bonds is 17. The molecule has 1 amide bonds. The molecule has 0 aromatic heterocycles. The van der Waals surface area contributed by atoms with Crippen molar-refractivity contribution in [2.45, 2.75) is 77.0 Å². The van der Waals surface area contributed by atoms with E-state index < -0.39 is 25.2 Å². The van der Waals surface area contributed by atoms with Gasteiger partial charge in [0.25, 0.3) is 0 Å². The lowest BCUT2D eigenvalue weighted by molar-refractivity contribution is -0.142. The van der Waals surface area contributed by atoms with Gasteiger partial charge in [0.2, 0.25) is 5.91 Å². The van der Waals surface area contributed by atoms with Crippen LogP contribution in [0.1, 0.15) is 57.9 Å². The second kappa shape index (κ2) is 15.8. The van der Waals surface area contributed by atoms with Crippen molar-refractivity contribution in [1.29, 1.82) is 0 Å². The first kappa shape index (κ1) is 29.1. The normalized spacial score (nSPS) is 13.2. The van der Waals surface area contributed by atoms with E-state index in [1.165, 1.54) is 0 Å². The number of likely N-dealkylation sites (N-methyl/N-ethyl adjacent to an activating group) is 1. The van der Waals surface area contributed by atoms with E-state index in [0.29, 0.717) is 37.8 Å². The Morgan fingerprint density at radius 2 is 1.70 bits per heavy atom. The molecule has 0 fully saturated rings. The molecule has 0 heterocycles. The molecule has 0 radical (unpaired) electrons. The van der Waals surface area contributed by atoms with E-state index in [4.69, 9.17) is 5.73 Å². The highest BCUT2D eigenvalue weighted by Gasteiger charge is 2.24. The maximum atomic E-state index is 12.5. The number of unbranched alkanes of at least 4 members (excludes halogenated alkanes) is 2. The van der Waals surface area contributed by atoms with Gasteiger partial charge in [0, 0.05) is 12.6 Å². The molecule has 0 aliphatic rings. The second-order valence-corrected chi connectivity index (χ2v) is 8.66. The largest absolute Gasteiger partial charge is 0.488 e. The quantitative estimate of drug-likeness (QED) is 0.140. The lowest BCUT2D eigenvalue weighted by atomic mass is 9.77. The summed E-state index contributed by atoms with van der Waals surface area (Å²) in [5, 5.41) is 34.4. The number of hydrogen-bond acceptors (Lipinski definition) is 7. The minimum Gasteiger partial charge on any atom is -0.480 e. The molecule has 10 heteroatoms. The van der Waals surface area contributed by atoms with Crippen LogP contribution in [0.5, 0.6) is 0 Å². The Balaban J connectivity index is 2.59. The van der Waals surface area contributed by atoms with Crippen molar-refractivity contribution in [1.82, 2.24) is 15.5 Å². The van der Waals surface area contributed by atoms with Gasteiger partial charge < -0.3 is 31.5 Å². The zero-order chi connectivity index (χ0) is 24.8. The predicted molar refractivity (Wildman–Crippen MR) is 131 cm³/mol. The Morgan fingerprint density at radius 1 is 1.06 bits per heavy atom. The Hall–Kier alpha value is -1.98. The Bertz CT molecular complexity index is 720. The van der Waals surface area contributed by atoms with Crippen LogP contribution >= 0.6 is 0 Å². The lowest BCUT2D eigenvalue weighted by Crippen LogP contribution is -2.49. The number of hydrogen-bond donors (Lipinski definition) is 6. The van der Waals surface area contributed by atoms with Crippen molar-refractivity contribution < 1.29 is 24.7 Å². The first-order valence-corrected chi connectivity index (χ1v) is 11.8. The van der Waals surface area contributed by atoms with Crippen molar-refractivity contribution in [2.24, 2.45) is 5.73 Å². The first-order chi connectivity index (χ1) is 15.7. The van der Waals surface area contributed by atoms with E-state index in [0.717, 1.165) is 31.4 Å². The van der Waals surface area contributed by atoms with Crippen molar-refractivity contribution in [3.05, 3.63) is 29.8 Å². The highest BCUT2D eigenvalue weighted by molar-refractivity contribution is 6.59. The minimum absolute atomic E-state index is 0.230. The summed E-state index contributed by atoms with van der Waals surface area (Å²) < 4.78 is 0. The summed E-state index contributed by atoms with van der Waals surface area (Å²) in [6.45, 7) is 6.00. The second-order valence-electron chi connectivity index (χ2n) is 8.66. The van der Waals surface area contributed by atoms with Crippen molar-refractivity contribution in [2.75, 3.05) is 20.1 Å². The molecular weight excluding hydrogens is 423 g/mol. The van der Waals surface area contributed by atoms with Gasteiger partial charge in [0.1, 0.15) is 6.04 Å². The molecule has 2 unspecified atom stereocenters. The molecule has 186 valence electrons. The molecule has 0 saturated heterocycles. The van der Waals surface area contributed by atoms with Gasteiger partial charge in [-0.3, -0.25) is 9.69 Å². The van der Waals surface area contributed by atoms with Crippen molar-refractivity contribution in [3.63, 3.8) is 0 Å². The van der Waals surface area contributed by atoms with Gasteiger partial charge in [-0.2, -0.15) is 0 Å². The maximum absolute atomic E-state index is 12.5. The van der Waals surface area contributed by atoms with E-state index in [-0.39, 0.29) is 11.9 Å². The number of carbonyl (C=O) groups excluding carboxylic acids is 1. The third kappa shape index (κ3) is 10.7. The zero-order valence-corrected chi connectivity index (χ0v) is 20.2. The molecule has 1 aromatic carbocycles. The maximum Gasteiger partial charge on any atom is 0.488 e. The lowest BCUT2D eigenvalue weighted by Gasteiger charge is -2.28. The fraction of sp³-hybridized carbons (Fsp3) is 0.652. The van der Waals surface area contributed by atoms with E-state index in [1.54, 1.807) is 19.2 Å². The molecule has 9 nitrogen and oxygen atoms in total. The fourth-order valence-electron chi connectivity index (χ4n) is 3.76. The molecule has 7 N–H and O–H groups in total. The average Bonchev–Trinajstić information content (AvgIpc) is 2.77. The summed E-state index contributed by atoms with van der Waals surface area (Å²) >= 11 is 0. The average molecular weight is 464 g/mol. The van der Waals surface area contributed by atoms with Crippen LogP contribution in [0.25, 0.3) is 0 Å². The number of carboxylic acids is 1. The standard InChI is InChI=1S/C23H41BN4O5/c1-17(2)28(16-18-10-4-5-11-19(18)24(32)33)15-9-7-13-21(23(30)31)27-22(29)20(26-3)12-6-8-14-25/h4-5,10-11,17,20-21,26,32-33H,6-9,12-16,25H2,1-3H3,(H,27,29)(H,30,31). The van der Waals surface area contributed by atoms with E-state index in [1.807, 2.05) is 12.1 Å².